The maximum atomic E-state index is 4.52. The molecule has 0 unspecified atom stereocenters. The number of aryl methyl sites for hydroxylation is 2. The van der Waals surface area contributed by atoms with Gasteiger partial charge in [0.25, 0.3) is 0 Å². The van der Waals surface area contributed by atoms with Crippen LogP contribution in [0.15, 0.2) is 23.8 Å². The number of hydrogen-bond acceptors (Lipinski definition) is 4. The molecule has 0 amide bonds. The molecule has 0 atom stereocenters. The first-order valence-corrected chi connectivity index (χ1v) is 5.83. The van der Waals surface area contributed by atoms with Gasteiger partial charge in [0.2, 0.25) is 0 Å². The molecule has 0 spiro atoms. The molecule has 0 saturated heterocycles. The van der Waals surface area contributed by atoms with Crippen LogP contribution in [-0.2, 0) is 7.05 Å². The highest BCUT2D eigenvalue weighted by atomic mass is 32.1. The van der Waals surface area contributed by atoms with Crippen molar-refractivity contribution in [3.05, 3.63) is 29.5 Å². The Morgan fingerprint density at radius 1 is 1.31 bits per heavy atom. The highest BCUT2D eigenvalue weighted by Gasteiger charge is 2.10. The molecule has 3 heterocycles. The van der Waals surface area contributed by atoms with E-state index in [2.05, 4.69) is 21.0 Å². The molecule has 0 bridgehead atoms. The molecule has 0 aliphatic heterocycles. The maximum Gasteiger partial charge on any atom is 0.197 e. The molecule has 0 aromatic carbocycles. The summed E-state index contributed by atoms with van der Waals surface area (Å²) in [6.07, 6.45) is 3.65. The maximum absolute atomic E-state index is 4.52. The summed E-state index contributed by atoms with van der Waals surface area (Å²) in [7, 11) is 1.94. The normalized spacial score (nSPS) is 11.1. The largest absolute Gasteiger partial charge is 0.331 e. The summed E-state index contributed by atoms with van der Waals surface area (Å²) < 4.78 is 1.92. The van der Waals surface area contributed by atoms with Gasteiger partial charge in [-0.25, -0.2) is 15.0 Å². The second-order valence-electron chi connectivity index (χ2n) is 3.63. The number of aromatic nitrogens is 4. The molecule has 0 aliphatic rings. The molecule has 4 nitrogen and oxygen atoms in total. The summed E-state index contributed by atoms with van der Waals surface area (Å²) in [6.45, 7) is 2.00. The van der Waals surface area contributed by atoms with E-state index >= 15 is 0 Å². The Morgan fingerprint density at radius 2 is 2.19 bits per heavy atom. The summed E-state index contributed by atoms with van der Waals surface area (Å²) in [5, 5.41) is 3.16. The van der Waals surface area contributed by atoms with E-state index in [1.807, 2.05) is 30.1 Å². The van der Waals surface area contributed by atoms with Crippen LogP contribution in [0.25, 0.3) is 21.9 Å². The lowest BCUT2D eigenvalue weighted by molar-refractivity contribution is 0.907. The molecule has 0 fully saturated rings. The van der Waals surface area contributed by atoms with E-state index in [9.17, 15) is 0 Å². The van der Waals surface area contributed by atoms with Crippen molar-refractivity contribution in [3.63, 3.8) is 0 Å². The van der Waals surface area contributed by atoms with Crippen molar-refractivity contribution in [3.8, 4) is 11.6 Å². The number of imidazole rings is 1. The molecule has 0 aliphatic carbocycles. The van der Waals surface area contributed by atoms with Crippen LogP contribution in [-0.4, -0.2) is 19.5 Å². The SMILES string of the molecule is Cc1nc(-c2nccn2C)nc2sccc12. The number of rotatable bonds is 1. The standard InChI is InChI=1S/C11H10N4S/c1-7-8-3-6-16-11(8)14-9(13-7)10-12-4-5-15(10)2/h3-6H,1-2H3. The molecule has 0 radical (unpaired) electrons. The van der Waals surface area contributed by atoms with Crippen LogP contribution in [0.3, 0.4) is 0 Å². The number of nitrogens with zero attached hydrogens (tertiary/aromatic N) is 4. The lowest BCUT2D eigenvalue weighted by Gasteiger charge is -2.02. The van der Waals surface area contributed by atoms with Gasteiger partial charge in [-0.3, -0.25) is 0 Å². The second-order valence-corrected chi connectivity index (χ2v) is 4.53. The van der Waals surface area contributed by atoms with Crippen LogP contribution in [0.2, 0.25) is 0 Å². The first-order chi connectivity index (χ1) is 7.75. The van der Waals surface area contributed by atoms with E-state index in [-0.39, 0.29) is 0 Å². The van der Waals surface area contributed by atoms with E-state index in [1.165, 1.54) is 0 Å². The quantitative estimate of drug-likeness (QED) is 0.644. The van der Waals surface area contributed by atoms with Gasteiger partial charge in [-0.1, -0.05) is 0 Å². The average molecular weight is 230 g/mol. The number of fused-ring (bicyclic) bond motifs is 1. The Kier molecular flexibility index (Phi) is 2.00. The monoisotopic (exact) mass is 230 g/mol. The van der Waals surface area contributed by atoms with Gasteiger partial charge in [0.1, 0.15) is 4.83 Å². The van der Waals surface area contributed by atoms with Gasteiger partial charge < -0.3 is 4.57 Å². The van der Waals surface area contributed by atoms with Crippen LogP contribution in [0, 0.1) is 6.92 Å². The zero-order chi connectivity index (χ0) is 11.1. The van der Waals surface area contributed by atoms with Gasteiger partial charge in [0, 0.05) is 24.8 Å². The number of hydrogen-bond donors (Lipinski definition) is 0. The van der Waals surface area contributed by atoms with Crippen molar-refractivity contribution in [1.82, 2.24) is 19.5 Å². The lowest BCUT2D eigenvalue weighted by atomic mass is 10.3. The molecule has 3 aromatic heterocycles. The highest BCUT2D eigenvalue weighted by molar-refractivity contribution is 7.16. The molecule has 16 heavy (non-hydrogen) atoms. The minimum atomic E-state index is 0.694. The van der Waals surface area contributed by atoms with Crippen LogP contribution >= 0.6 is 11.3 Å². The van der Waals surface area contributed by atoms with Crippen molar-refractivity contribution < 1.29 is 0 Å². The summed E-state index contributed by atoms with van der Waals surface area (Å²) in [4.78, 5) is 14.3. The van der Waals surface area contributed by atoms with Crippen molar-refractivity contribution in [1.29, 1.82) is 0 Å². The predicted octanol–water partition coefficient (Wildman–Crippen LogP) is 2.40. The molecule has 3 aromatic rings. The molecule has 3 rings (SSSR count). The van der Waals surface area contributed by atoms with Crippen molar-refractivity contribution >= 4 is 21.6 Å². The van der Waals surface area contributed by atoms with Crippen LogP contribution < -0.4 is 0 Å². The Balaban J connectivity index is 2.29. The fourth-order valence-corrected chi connectivity index (χ4v) is 2.50. The van der Waals surface area contributed by atoms with Crippen LogP contribution in [0.5, 0.6) is 0 Å². The molecular formula is C11H10N4S. The Labute approximate surface area is 96.6 Å². The van der Waals surface area contributed by atoms with Gasteiger partial charge in [0.05, 0.1) is 5.69 Å². The van der Waals surface area contributed by atoms with Crippen LogP contribution in [0.4, 0.5) is 0 Å². The third-order valence-corrected chi connectivity index (χ3v) is 3.34. The summed E-state index contributed by atoms with van der Waals surface area (Å²) in [5.41, 5.74) is 1.00. The van der Waals surface area contributed by atoms with E-state index in [4.69, 9.17) is 0 Å². The Bertz CT molecular complexity index is 653. The fraction of sp³-hybridized carbons (Fsp3) is 0.182. The first-order valence-electron chi connectivity index (χ1n) is 4.95. The summed E-state index contributed by atoms with van der Waals surface area (Å²) >= 11 is 1.63. The minimum absolute atomic E-state index is 0.694. The zero-order valence-corrected chi connectivity index (χ0v) is 9.82. The van der Waals surface area contributed by atoms with Crippen LogP contribution in [0.1, 0.15) is 5.69 Å². The van der Waals surface area contributed by atoms with Gasteiger partial charge in [-0.15, -0.1) is 11.3 Å². The van der Waals surface area contributed by atoms with E-state index < -0.39 is 0 Å². The van der Waals surface area contributed by atoms with Gasteiger partial charge in [0.15, 0.2) is 11.6 Å². The molecular weight excluding hydrogens is 220 g/mol. The predicted molar refractivity (Wildman–Crippen MR) is 64.4 cm³/mol. The Hall–Kier alpha value is -1.75. The van der Waals surface area contributed by atoms with Gasteiger partial charge in [-0.05, 0) is 18.4 Å². The van der Waals surface area contributed by atoms with Gasteiger partial charge in [-0.2, -0.15) is 0 Å². The van der Waals surface area contributed by atoms with Crippen molar-refractivity contribution in [2.45, 2.75) is 6.92 Å². The smallest absolute Gasteiger partial charge is 0.197 e. The average Bonchev–Trinajstić information content (AvgIpc) is 2.85. The fourth-order valence-electron chi connectivity index (χ4n) is 1.68. The highest BCUT2D eigenvalue weighted by Crippen LogP contribution is 2.23. The van der Waals surface area contributed by atoms with Gasteiger partial charge >= 0.3 is 0 Å². The van der Waals surface area contributed by atoms with Crippen molar-refractivity contribution in [2.75, 3.05) is 0 Å². The lowest BCUT2D eigenvalue weighted by Crippen LogP contribution is -1.98. The zero-order valence-electron chi connectivity index (χ0n) is 9.01. The van der Waals surface area contributed by atoms with E-state index in [0.29, 0.717) is 5.82 Å². The topological polar surface area (TPSA) is 43.6 Å². The molecule has 80 valence electrons. The minimum Gasteiger partial charge on any atom is -0.331 e. The third-order valence-electron chi connectivity index (χ3n) is 2.54. The molecule has 0 saturated carbocycles. The molecule has 0 N–H and O–H groups in total. The first kappa shape index (κ1) is 9.47. The summed E-state index contributed by atoms with van der Waals surface area (Å²) in [6, 6.07) is 2.05. The van der Waals surface area contributed by atoms with E-state index in [1.54, 1.807) is 17.5 Å². The number of thiophene rings is 1. The summed E-state index contributed by atoms with van der Waals surface area (Å²) in [5.74, 6) is 1.50. The Morgan fingerprint density at radius 3 is 2.94 bits per heavy atom. The third kappa shape index (κ3) is 1.32. The van der Waals surface area contributed by atoms with E-state index in [0.717, 1.165) is 21.7 Å². The second kappa shape index (κ2) is 3.38. The van der Waals surface area contributed by atoms with Crippen molar-refractivity contribution in [2.24, 2.45) is 7.05 Å². The molecule has 5 heteroatoms.